The van der Waals surface area contributed by atoms with Crippen molar-refractivity contribution in [1.82, 2.24) is 0 Å². The fraction of sp³-hybridized carbons (Fsp3) is 0.714. The van der Waals surface area contributed by atoms with Gasteiger partial charge in [0, 0.05) is 0 Å². The molecule has 1 radical (unpaired) electrons. The standard InChI is InChI=1S/C7H13/c1-4-6-7(3)5-2/h4,7H,5H2,1-3H3. The maximum absolute atomic E-state index is 3.17. The Kier molecular flexibility index (Phi) is 3.77. The van der Waals surface area contributed by atoms with Crippen molar-refractivity contribution in [3.8, 4) is 0 Å². The Morgan fingerprint density at radius 1 is 1.71 bits per heavy atom. The highest BCUT2D eigenvalue weighted by Crippen LogP contribution is 1.98. The zero-order valence-electron chi connectivity index (χ0n) is 5.36. The normalized spacial score (nSPS) is 15.3. The summed E-state index contributed by atoms with van der Waals surface area (Å²) in [6.45, 7) is 6.34. The average Bonchev–Trinajstić information content (AvgIpc) is 1.68. The van der Waals surface area contributed by atoms with Crippen LogP contribution in [0.15, 0.2) is 6.08 Å². The van der Waals surface area contributed by atoms with E-state index in [0.717, 1.165) is 0 Å². The van der Waals surface area contributed by atoms with Gasteiger partial charge in [-0.25, -0.2) is 0 Å². The number of hydrogen-bond acceptors (Lipinski definition) is 0. The molecule has 0 aliphatic carbocycles. The Labute approximate surface area is 46.2 Å². The quantitative estimate of drug-likeness (QED) is 0.496. The van der Waals surface area contributed by atoms with Crippen LogP contribution in [0.1, 0.15) is 27.2 Å². The van der Waals surface area contributed by atoms with E-state index in [0.29, 0.717) is 5.92 Å². The van der Waals surface area contributed by atoms with Gasteiger partial charge in [0.05, 0.1) is 0 Å². The summed E-state index contributed by atoms with van der Waals surface area (Å²) in [6, 6.07) is 0. The summed E-state index contributed by atoms with van der Waals surface area (Å²) in [7, 11) is 0. The predicted molar refractivity (Wildman–Crippen MR) is 32.9 cm³/mol. The molecule has 0 aromatic rings. The molecule has 0 aliphatic rings. The van der Waals surface area contributed by atoms with Gasteiger partial charge in [-0.1, -0.05) is 19.9 Å². The second-order valence-corrected chi connectivity index (χ2v) is 1.76. The second-order valence-electron chi connectivity index (χ2n) is 1.76. The summed E-state index contributed by atoms with van der Waals surface area (Å²) < 4.78 is 0. The highest BCUT2D eigenvalue weighted by molar-refractivity contribution is 4.71. The third-order valence-electron chi connectivity index (χ3n) is 1.06. The molecule has 0 heteroatoms. The molecule has 0 spiro atoms. The molecule has 0 fully saturated rings. The Hall–Kier alpha value is -0.260. The summed E-state index contributed by atoms with van der Waals surface area (Å²) in [4.78, 5) is 0. The van der Waals surface area contributed by atoms with Gasteiger partial charge in [0.25, 0.3) is 0 Å². The van der Waals surface area contributed by atoms with Crippen molar-refractivity contribution in [1.29, 1.82) is 0 Å². The van der Waals surface area contributed by atoms with Crippen molar-refractivity contribution in [3.05, 3.63) is 12.2 Å². The first kappa shape index (κ1) is 6.74. The van der Waals surface area contributed by atoms with Crippen molar-refractivity contribution in [2.45, 2.75) is 27.2 Å². The van der Waals surface area contributed by atoms with Crippen LogP contribution >= 0.6 is 0 Å². The molecule has 1 atom stereocenters. The van der Waals surface area contributed by atoms with Gasteiger partial charge in [-0.2, -0.15) is 0 Å². The van der Waals surface area contributed by atoms with E-state index in [4.69, 9.17) is 0 Å². The van der Waals surface area contributed by atoms with E-state index in [-0.39, 0.29) is 0 Å². The van der Waals surface area contributed by atoms with E-state index in [2.05, 4.69) is 19.9 Å². The predicted octanol–water partition coefficient (Wildman–Crippen LogP) is 2.41. The van der Waals surface area contributed by atoms with Gasteiger partial charge in [0.2, 0.25) is 0 Å². The van der Waals surface area contributed by atoms with Crippen molar-refractivity contribution >= 4 is 0 Å². The number of rotatable bonds is 2. The lowest BCUT2D eigenvalue weighted by atomic mass is 10.1. The first-order valence-corrected chi connectivity index (χ1v) is 2.85. The summed E-state index contributed by atoms with van der Waals surface area (Å²) >= 11 is 0. The minimum Gasteiger partial charge on any atom is -0.0839 e. The lowest BCUT2D eigenvalue weighted by molar-refractivity contribution is 0.678. The zero-order valence-corrected chi connectivity index (χ0v) is 5.36. The lowest BCUT2D eigenvalue weighted by Crippen LogP contribution is -1.83. The van der Waals surface area contributed by atoms with Gasteiger partial charge in [-0.05, 0) is 25.3 Å². The van der Waals surface area contributed by atoms with Crippen LogP contribution in [0.5, 0.6) is 0 Å². The molecule has 0 aromatic heterocycles. The first-order valence-electron chi connectivity index (χ1n) is 2.85. The van der Waals surface area contributed by atoms with Gasteiger partial charge in [-0.15, -0.1) is 0 Å². The van der Waals surface area contributed by atoms with Crippen LogP contribution in [-0.2, 0) is 0 Å². The molecule has 7 heavy (non-hydrogen) atoms. The monoisotopic (exact) mass is 97.1 g/mol. The summed E-state index contributed by atoms with van der Waals surface area (Å²) in [5, 5.41) is 0. The average molecular weight is 97.2 g/mol. The maximum Gasteiger partial charge on any atom is -0.0194 e. The van der Waals surface area contributed by atoms with Gasteiger partial charge in [0.1, 0.15) is 0 Å². The SMILES string of the molecule is C/C=[C]/C(C)CC. The topological polar surface area (TPSA) is 0 Å². The summed E-state index contributed by atoms with van der Waals surface area (Å²) in [5.41, 5.74) is 0. The minimum atomic E-state index is 0.644. The van der Waals surface area contributed by atoms with Crippen LogP contribution in [0.4, 0.5) is 0 Å². The Bertz CT molecular complexity index is 53.1. The molecule has 41 valence electrons. The van der Waals surface area contributed by atoms with Gasteiger partial charge < -0.3 is 0 Å². The van der Waals surface area contributed by atoms with Crippen LogP contribution in [0, 0.1) is 12.0 Å². The molecule has 0 saturated heterocycles. The van der Waals surface area contributed by atoms with Gasteiger partial charge in [-0.3, -0.25) is 0 Å². The smallest absolute Gasteiger partial charge is 0.0194 e. The van der Waals surface area contributed by atoms with E-state index < -0.39 is 0 Å². The van der Waals surface area contributed by atoms with Gasteiger partial charge in [0.15, 0.2) is 0 Å². The van der Waals surface area contributed by atoms with Crippen LogP contribution in [0.3, 0.4) is 0 Å². The molecule has 0 bridgehead atoms. The summed E-state index contributed by atoms with van der Waals surface area (Å²) in [6.07, 6.45) is 6.35. The molecular weight excluding hydrogens is 84.1 g/mol. The van der Waals surface area contributed by atoms with E-state index >= 15 is 0 Å². The molecule has 0 saturated carbocycles. The largest absolute Gasteiger partial charge is 0.0839 e. The van der Waals surface area contributed by atoms with Crippen LogP contribution in [0.25, 0.3) is 0 Å². The van der Waals surface area contributed by atoms with Crippen LogP contribution in [0.2, 0.25) is 0 Å². The Morgan fingerprint density at radius 2 is 2.29 bits per heavy atom. The molecular formula is C7H13. The lowest BCUT2D eigenvalue weighted by Gasteiger charge is -1.94. The second kappa shape index (κ2) is 3.91. The highest BCUT2D eigenvalue weighted by atomic mass is 13.9. The number of hydrogen-bond donors (Lipinski definition) is 0. The maximum atomic E-state index is 3.17. The number of allylic oxidation sites excluding steroid dienone is 2. The van der Waals surface area contributed by atoms with Crippen molar-refractivity contribution in [2.75, 3.05) is 0 Å². The fourth-order valence-electron chi connectivity index (χ4n) is 0.402. The van der Waals surface area contributed by atoms with E-state index in [9.17, 15) is 0 Å². The molecule has 0 amide bonds. The van der Waals surface area contributed by atoms with Crippen LogP contribution < -0.4 is 0 Å². The van der Waals surface area contributed by atoms with Crippen molar-refractivity contribution in [2.24, 2.45) is 5.92 Å². The highest BCUT2D eigenvalue weighted by Gasteiger charge is 1.86. The third-order valence-corrected chi connectivity index (χ3v) is 1.06. The van der Waals surface area contributed by atoms with Gasteiger partial charge >= 0.3 is 0 Å². The molecule has 0 nitrogen and oxygen atoms in total. The first-order chi connectivity index (χ1) is 3.31. The third kappa shape index (κ3) is 3.57. The molecule has 0 aromatic carbocycles. The molecule has 0 rings (SSSR count). The molecule has 0 aliphatic heterocycles. The molecule has 1 unspecified atom stereocenters. The molecule has 0 N–H and O–H groups in total. The zero-order chi connectivity index (χ0) is 5.70. The van der Waals surface area contributed by atoms with Crippen molar-refractivity contribution in [3.63, 3.8) is 0 Å². The van der Waals surface area contributed by atoms with Crippen molar-refractivity contribution < 1.29 is 0 Å². The Balaban J connectivity index is 3.16. The molecule has 0 heterocycles. The Morgan fingerprint density at radius 3 is 2.43 bits per heavy atom. The fourth-order valence-corrected chi connectivity index (χ4v) is 0.402. The minimum absolute atomic E-state index is 0.644. The van der Waals surface area contributed by atoms with Crippen LogP contribution in [-0.4, -0.2) is 0 Å². The van der Waals surface area contributed by atoms with E-state index in [1.54, 1.807) is 0 Å². The van der Waals surface area contributed by atoms with E-state index in [1.807, 2.05) is 13.0 Å². The van der Waals surface area contributed by atoms with E-state index in [1.165, 1.54) is 6.42 Å². The summed E-state index contributed by atoms with van der Waals surface area (Å²) in [5.74, 6) is 0.644.